The van der Waals surface area contributed by atoms with Gasteiger partial charge in [-0.3, -0.25) is 9.48 Å². The topological polar surface area (TPSA) is 84.4 Å². The molecule has 0 aromatic carbocycles. The number of hydrogen-bond acceptors (Lipinski definition) is 4. The van der Waals surface area contributed by atoms with Crippen molar-refractivity contribution in [1.29, 1.82) is 0 Å². The van der Waals surface area contributed by atoms with Gasteiger partial charge in [-0.1, -0.05) is 0 Å². The highest BCUT2D eigenvalue weighted by Crippen LogP contribution is 2.26. The third kappa shape index (κ3) is 2.58. The van der Waals surface area contributed by atoms with Crippen LogP contribution in [0.25, 0.3) is 0 Å². The second-order valence-corrected chi connectivity index (χ2v) is 5.13. The van der Waals surface area contributed by atoms with Gasteiger partial charge in [0.25, 0.3) is 5.91 Å². The Labute approximate surface area is 113 Å². The van der Waals surface area contributed by atoms with Crippen LogP contribution in [0, 0.1) is 6.92 Å². The summed E-state index contributed by atoms with van der Waals surface area (Å²) in [5.74, 6) is -0.0407. The second-order valence-electron chi connectivity index (χ2n) is 5.13. The summed E-state index contributed by atoms with van der Waals surface area (Å²) in [5, 5.41) is 13.1. The van der Waals surface area contributed by atoms with E-state index in [1.165, 1.54) is 0 Å². The van der Waals surface area contributed by atoms with E-state index < -0.39 is 0 Å². The number of nitrogens with zero attached hydrogens (tertiary/aromatic N) is 3. The normalized spacial score (nSPS) is 19.1. The fourth-order valence-corrected chi connectivity index (χ4v) is 2.79. The first-order chi connectivity index (χ1) is 9.06. The summed E-state index contributed by atoms with van der Waals surface area (Å²) in [7, 11) is 1.75. The molecule has 1 aromatic heterocycles. The molecule has 1 atom stereocenters. The molecule has 0 bridgehead atoms. The molecule has 0 saturated carbocycles. The van der Waals surface area contributed by atoms with Crippen LogP contribution in [0.1, 0.15) is 41.9 Å². The molecule has 3 N–H and O–H groups in total. The Morgan fingerprint density at radius 3 is 2.89 bits per heavy atom. The average Bonchev–Trinajstić information content (AvgIpc) is 2.92. The number of nitrogens with two attached hydrogens (primary N) is 1. The number of aliphatic hydroxyl groups is 1. The highest BCUT2D eigenvalue weighted by Gasteiger charge is 2.32. The van der Waals surface area contributed by atoms with E-state index in [0.717, 1.165) is 32.2 Å². The molecule has 1 amide bonds. The Balaban J connectivity index is 2.18. The first-order valence-electron chi connectivity index (χ1n) is 6.77. The molecule has 106 valence electrons. The molecule has 1 aliphatic heterocycles. The lowest BCUT2D eigenvalue weighted by Crippen LogP contribution is -2.37. The second kappa shape index (κ2) is 5.61. The molecular weight excluding hydrogens is 244 g/mol. The first kappa shape index (κ1) is 13.9. The lowest BCUT2D eigenvalue weighted by molar-refractivity contribution is 0.0714. The Kier molecular flexibility index (Phi) is 4.09. The Morgan fingerprint density at radius 2 is 2.32 bits per heavy atom. The van der Waals surface area contributed by atoms with Gasteiger partial charge in [-0.15, -0.1) is 0 Å². The van der Waals surface area contributed by atoms with Gasteiger partial charge in [0.05, 0.1) is 11.4 Å². The molecule has 1 aliphatic rings. The molecule has 2 rings (SSSR count). The number of carbonyl (C=O) groups excluding carboxylic acids is 1. The molecule has 19 heavy (non-hydrogen) atoms. The number of nitrogen functional groups attached to an aromatic ring is 1. The monoisotopic (exact) mass is 266 g/mol. The molecular formula is C13H22N4O2. The molecule has 1 saturated heterocycles. The third-order valence-electron chi connectivity index (χ3n) is 3.80. The van der Waals surface area contributed by atoms with E-state index in [4.69, 9.17) is 10.8 Å². The first-order valence-corrected chi connectivity index (χ1v) is 6.77. The summed E-state index contributed by atoms with van der Waals surface area (Å²) in [5.41, 5.74) is 7.59. The van der Waals surface area contributed by atoms with E-state index in [-0.39, 0.29) is 18.6 Å². The van der Waals surface area contributed by atoms with E-state index >= 15 is 0 Å². The van der Waals surface area contributed by atoms with Crippen molar-refractivity contribution in [3.63, 3.8) is 0 Å². The maximum Gasteiger partial charge on any atom is 0.274 e. The molecule has 0 radical (unpaired) electrons. The van der Waals surface area contributed by atoms with Crippen molar-refractivity contribution in [1.82, 2.24) is 14.7 Å². The maximum absolute atomic E-state index is 12.6. The average molecular weight is 266 g/mol. The smallest absolute Gasteiger partial charge is 0.274 e. The van der Waals surface area contributed by atoms with Crippen molar-refractivity contribution in [2.24, 2.45) is 7.05 Å². The van der Waals surface area contributed by atoms with Gasteiger partial charge in [-0.25, -0.2) is 0 Å². The highest BCUT2D eigenvalue weighted by molar-refractivity contribution is 5.98. The van der Waals surface area contributed by atoms with Crippen LogP contribution in [0.15, 0.2) is 0 Å². The van der Waals surface area contributed by atoms with Gasteiger partial charge in [0.15, 0.2) is 0 Å². The molecule has 0 spiro atoms. The molecule has 6 heteroatoms. The van der Waals surface area contributed by atoms with Gasteiger partial charge in [-0.2, -0.15) is 5.10 Å². The van der Waals surface area contributed by atoms with Crippen LogP contribution in [-0.4, -0.2) is 44.9 Å². The van der Waals surface area contributed by atoms with Crippen molar-refractivity contribution in [3.8, 4) is 0 Å². The molecule has 1 fully saturated rings. The Bertz CT molecular complexity index is 469. The third-order valence-corrected chi connectivity index (χ3v) is 3.80. The quantitative estimate of drug-likeness (QED) is 0.839. The van der Waals surface area contributed by atoms with Crippen molar-refractivity contribution in [2.75, 3.05) is 18.9 Å². The molecule has 2 heterocycles. The fraction of sp³-hybridized carbons (Fsp3) is 0.692. The van der Waals surface area contributed by atoms with E-state index in [0.29, 0.717) is 17.1 Å². The zero-order chi connectivity index (χ0) is 14.0. The largest absolute Gasteiger partial charge is 0.396 e. The number of aromatic nitrogens is 2. The van der Waals surface area contributed by atoms with Gasteiger partial charge in [-0.05, 0) is 32.6 Å². The van der Waals surface area contributed by atoms with Crippen LogP contribution in [0.4, 0.5) is 5.69 Å². The van der Waals surface area contributed by atoms with E-state index in [1.54, 1.807) is 18.7 Å². The number of anilines is 1. The van der Waals surface area contributed by atoms with E-state index in [9.17, 15) is 4.79 Å². The van der Waals surface area contributed by atoms with Crippen LogP contribution in [0.2, 0.25) is 0 Å². The number of likely N-dealkylation sites (tertiary alicyclic amines) is 1. The molecule has 1 aromatic rings. The zero-order valence-electron chi connectivity index (χ0n) is 11.6. The minimum Gasteiger partial charge on any atom is -0.396 e. The fourth-order valence-electron chi connectivity index (χ4n) is 2.79. The number of carbonyl (C=O) groups is 1. The van der Waals surface area contributed by atoms with Gasteiger partial charge >= 0.3 is 0 Å². The lowest BCUT2D eigenvalue weighted by Gasteiger charge is -2.24. The predicted octanol–water partition coefficient (Wildman–Crippen LogP) is 0.688. The van der Waals surface area contributed by atoms with Crippen LogP contribution < -0.4 is 5.73 Å². The molecule has 1 unspecified atom stereocenters. The predicted molar refractivity (Wildman–Crippen MR) is 72.7 cm³/mol. The Morgan fingerprint density at radius 1 is 1.58 bits per heavy atom. The standard InChI is InChI=1S/C13H22N4O2/c1-9-11(14)12(16(2)15-9)13(19)17-7-3-5-10(17)6-4-8-18/h10,18H,3-8,14H2,1-2H3. The van der Waals surface area contributed by atoms with Crippen molar-refractivity contribution in [3.05, 3.63) is 11.4 Å². The minimum absolute atomic E-state index is 0.0407. The van der Waals surface area contributed by atoms with Crippen LogP contribution in [0.3, 0.4) is 0 Å². The summed E-state index contributed by atoms with van der Waals surface area (Å²) in [6.45, 7) is 2.74. The van der Waals surface area contributed by atoms with Crippen molar-refractivity contribution in [2.45, 2.75) is 38.6 Å². The van der Waals surface area contributed by atoms with Gasteiger partial charge in [0, 0.05) is 26.2 Å². The number of aryl methyl sites for hydroxylation is 2. The van der Waals surface area contributed by atoms with Crippen LogP contribution in [0.5, 0.6) is 0 Å². The zero-order valence-corrected chi connectivity index (χ0v) is 11.6. The Hall–Kier alpha value is -1.56. The maximum atomic E-state index is 12.6. The highest BCUT2D eigenvalue weighted by atomic mass is 16.3. The summed E-state index contributed by atoms with van der Waals surface area (Å²) in [4.78, 5) is 14.5. The molecule has 0 aliphatic carbocycles. The van der Waals surface area contributed by atoms with E-state index in [1.807, 2.05) is 4.90 Å². The van der Waals surface area contributed by atoms with Crippen molar-refractivity contribution >= 4 is 11.6 Å². The summed E-state index contributed by atoms with van der Waals surface area (Å²) in [6.07, 6.45) is 3.59. The molecule has 6 nitrogen and oxygen atoms in total. The van der Waals surface area contributed by atoms with Gasteiger partial charge < -0.3 is 15.7 Å². The van der Waals surface area contributed by atoms with Crippen molar-refractivity contribution < 1.29 is 9.90 Å². The summed E-state index contributed by atoms with van der Waals surface area (Å²) in [6, 6.07) is 0.217. The van der Waals surface area contributed by atoms with Crippen LogP contribution in [-0.2, 0) is 7.05 Å². The SMILES string of the molecule is Cc1nn(C)c(C(=O)N2CCCC2CCCO)c1N. The number of rotatable bonds is 4. The van der Waals surface area contributed by atoms with Crippen LogP contribution >= 0.6 is 0 Å². The minimum atomic E-state index is -0.0407. The number of amides is 1. The lowest BCUT2D eigenvalue weighted by atomic mass is 10.1. The summed E-state index contributed by atoms with van der Waals surface area (Å²) >= 11 is 0. The van der Waals surface area contributed by atoms with Gasteiger partial charge in [0.1, 0.15) is 5.69 Å². The van der Waals surface area contributed by atoms with E-state index in [2.05, 4.69) is 5.10 Å². The number of hydrogen-bond donors (Lipinski definition) is 2. The summed E-state index contributed by atoms with van der Waals surface area (Å²) < 4.78 is 1.56. The number of aliphatic hydroxyl groups excluding tert-OH is 1. The van der Waals surface area contributed by atoms with Gasteiger partial charge in [0.2, 0.25) is 0 Å².